The van der Waals surface area contributed by atoms with Crippen molar-refractivity contribution in [3.63, 3.8) is 0 Å². The van der Waals surface area contributed by atoms with Gasteiger partial charge < -0.3 is 5.32 Å². The maximum atomic E-state index is 13.5. The normalized spacial score (nSPS) is 10.4. The monoisotopic (exact) mass is 236 g/mol. The third-order valence-corrected chi connectivity index (χ3v) is 3.16. The SMILES string of the molecule is CCc1ccc(NCc2cncs2)cc1F. The summed E-state index contributed by atoms with van der Waals surface area (Å²) in [7, 11) is 0. The first kappa shape index (κ1) is 11.1. The van der Waals surface area contributed by atoms with E-state index in [1.807, 2.05) is 25.3 Å². The second kappa shape index (κ2) is 5.07. The Morgan fingerprint density at radius 3 is 2.94 bits per heavy atom. The summed E-state index contributed by atoms with van der Waals surface area (Å²) in [5.41, 5.74) is 3.35. The van der Waals surface area contributed by atoms with Gasteiger partial charge in [-0.3, -0.25) is 4.98 Å². The maximum Gasteiger partial charge on any atom is 0.128 e. The van der Waals surface area contributed by atoms with Crippen LogP contribution < -0.4 is 5.32 Å². The lowest BCUT2D eigenvalue weighted by Crippen LogP contribution is -1.99. The van der Waals surface area contributed by atoms with Gasteiger partial charge in [0.05, 0.1) is 12.1 Å². The molecule has 0 atom stereocenters. The topological polar surface area (TPSA) is 24.9 Å². The van der Waals surface area contributed by atoms with E-state index in [0.29, 0.717) is 6.54 Å². The third kappa shape index (κ3) is 2.58. The van der Waals surface area contributed by atoms with E-state index in [-0.39, 0.29) is 5.82 Å². The summed E-state index contributed by atoms with van der Waals surface area (Å²) in [5, 5.41) is 3.17. The molecule has 0 aliphatic rings. The Balaban J connectivity index is 2.02. The molecule has 1 heterocycles. The van der Waals surface area contributed by atoms with Gasteiger partial charge in [0, 0.05) is 16.8 Å². The van der Waals surface area contributed by atoms with E-state index in [4.69, 9.17) is 0 Å². The van der Waals surface area contributed by atoms with E-state index < -0.39 is 0 Å². The molecule has 0 fully saturated rings. The molecule has 2 rings (SSSR count). The number of hydrogen-bond acceptors (Lipinski definition) is 3. The van der Waals surface area contributed by atoms with Gasteiger partial charge in [-0.1, -0.05) is 13.0 Å². The first-order valence-corrected chi connectivity index (χ1v) is 6.07. The van der Waals surface area contributed by atoms with Gasteiger partial charge in [-0.15, -0.1) is 11.3 Å². The lowest BCUT2D eigenvalue weighted by Gasteiger charge is -2.06. The summed E-state index contributed by atoms with van der Waals surface area (Å²) >= 11 is 1.59. The minimum atomic E-state index is -0.142. The lowest BCUT2D eigenvalue weighted by molar-refractivity contribution is 0.612. The van der Waals surface area contributed by atoms with Crippen LogP contribution in [0.1, 0.15) is 17.4 Å². The van der Waals surface area contributed by atoms with Gasteiger partial charge in [0.25, 0.3) is 0 Å². The Hall–Kier alpha value is -1.42. The minimum absolute atomic E-state index is 0.142. The van der Waals surface area contributed by atoms with Gasteiger partial charge >= 0.3 is 0 Å². The summed E-state index contributed by atoms with van der Waals surface area (Å²) in [4.78, 5) is 5.12. The molecule has 2 nitrogen and oxygen atoms in total. The fourth-order valence-corrected chi connectivity index (χ4v) is 2.00. The molecule has 0 spiro atoms. The molecular formula is C12H13FN2S. The van der Waals surface area contributed by atoms with Gasteiger partial charge in [-0.05, 0) is 24.1 Å². The van der Waals surface area contributed by atoms with Gasteiger partial charge in [-0.2, -0.15) is 0 Å². The number of thiazole rings is 1. The molecule has 84 valence electrons. The van der Waals surface area contributed by atoms with Crippen LogP contribution in [0.3, 0.4) is 0 Å². The summed E-state index contributed by atoms with van der Waals surface area (Å²) in [6, 6.07) is 5.27. The number of anilines is 1. The molecule has 16 heavy (non-hydrogen) atoms. The minimum Gasteiger partial charge on any atom is -0.380 e. The van der Waals surface area contributed by atoms with Crippen LogP contribution in [0.25, 0.3) is 0 Å². The standard InChI is InChI=1S/C12H13FN2S/c1-2-9-3-4-10(5-12(9)13)15-7-11-6-14-8-16-11/h3-6,8,15H,2,7H2,1H3. The summed E-state index contributed by atoms with van der Waals surface area (Å²) in [5.74, 6) is -0.142. The van der Waals surface area contributed by atoms with Crippen molar-refractivity contribution in [2.45, 2.75) is 19.9 Å². The van der Waals surface area contributed by atoms with Crippen LogP contribution >= 0.6 is 11.3 Å². The van der Waals surface area contributed by atoms with Crippen molar-refractivity contribution in [3.05, 3.63) is 46.2 Å². The number of benzene rings is 1. The summed E-state index contributed by atoms with van der Waals surface area (Å²) in [6.45, 7) is 2.64. The highest BCUT2D eigenvalue weighted by Gasteiger charge is 2.01. The van der Waals surface area contributed by atoms with E-state index >= 15 is 0 Å². The lowest BCUT2D eigenvalue weighted by atomic mass is 10.1. The van der Waals surface area contributed by atoms with Crippen LogP contribution in [0.2, 0.25) is 0 Å². The molecule has 0 radical (unpaired) electrons. The first-order chi connectivity index (χ1) is 7.79. The van der Waals surface area contributed by atoms with E-state index in [1.165, 1.54) is 0 Å². The number of aryl methyl sites for hydroxylation is 1. The molecule has 0 saturated carbocycles. The smallest absolute Gasteiger partial charge is 0.128 e. The molecule has 0 amide bonds. The molecule has 0 unspecified atom stereocenters. The second-order valence-corrected chi connectivity index (χ2v) is 4.45. The van der Waals surface area contributed by atoms with E-state index in [1.54, 1.807) is 22.9 Å². The highest BCUT2D eigenvalue weighted by atomic mass is 32.1. The molecule has 4 heteroatoms. The highest BCUT2D eigenvalue weighted by molar-refractivity contribution is 7.09. The number of aromatic nitrogens is 1. The van der Waals surface area contributed by atoms with Crippen molar-refractivity contribution in [3.8, 4) is 0 Å². The maximum absolute atomic E-state index is 13.5. The fourth-order valence-electron chi connectivity index (χ4n) is 1.46. The molecular weight excluding hydrogens is 223 g/mol. The largest absolute Gasteiger partial charge is 0.380 e. The van der Waals surface area contributed by atoms with E-state index in [0.717, 1.165) is 22.5 Å². The van der Waals surface area contributed by atoms with Crippen LogP contribution in [0, 0.1) is 5.82 Å². The average molecular weight is 236 g/mol. The predicted molar refractivity (Wildman–Crippen MR) is 65.2 cm³/mol. The number of nitrogens with zero attached hydrogens (tertiary/aromatic N) is 1. The molecule has 0 aliphatic carbocycles. The molecule has 1 aromatic heterocycles. The molecule has 0 saturated heterocycles. The van der Waals surface area contributed by atoms with Crippen molar-refractivity contribution in [2.24, 2.45) is 0 Å². The predicted octanol–water partition coefficient (Wildman–Crippen LogP) is 3.46. The Morgan fingerprint density at radius 2 is 2.31 bits per heavy atom. The van der Waals surface area contributed by atoms with Crippen molar-refractivity contribution in [1.29, 1.82) is 0 Å². The molecule has 0 bridgehead atoms. The van der Waals surface area contributed by atoms with E-state index in [2.05, 4.69) is 10.3 Å². The average Bonchev–Trinajstić information content (AvgIpc) is 2.79. The number of halogens is 1. The molecule has 1 N–H and O–H groups in total. The fraction of sp³-hybridized carbons (Fsp3) is 0.250. The number of hydrogen-bond donors (Lipinski definition) is 1. The Labute approximate surface area is 98.2 Å². The Kier molecular flexibility index (Phi) is 3.51. The van der Waals surface area contributed by atoms with Crippen LogP contribution in [0.5, 0.6) is 0 Å². The molecule has 1 aromatic carbocycles. The van der Waals surface area contributed by atoms with Crippen LogP contribution in [-0.4, -0.2) is 4.98 Å². The highest BCUT2D eigenvalue weighted by Crippen LogP contribution is 2.16. The zero-order chi connectivity index (χ0) is 11.4. The zero-order valence-corrected chi connectivity index (χ0v) is 9.85. The number of nitrogens with one attached hydrogen (secondary N) is 1. The van der Waals surface area contributed by atoms with Crippen molar-refractivity contribution < 1.29 is 4.39 Å². The zero-order valence-electron chi connectivity index (χ0n) is 9.03. The molecule has 0 aliphatic heterocycles. The van der Waals surface area contributed by atoms with Crippen LogP contribution in [-0.2, 0) is 13.0 Å². The van der Waals surface area contributed by atoms with Gasteiger partial charge in [0.1, 0.15) is 5.82 Å². The first-order valence-electron chi connectivity index (χ1n) is 5.19. The summed E-state index contributed by atoms with van der Waals surface area (Å²) in [6.07, 6.45) is 2.54. The van der Waals surface area contributed by atoms with E-state index in [9.17, 15) is 4.39 Å². The molecule has 2 aromatic rings. The number of rotatable bonds is 4. The van der Waals surface area contributed by atoms with Crippen LogP contribution in [0.4, 0.5) is 10.1 Å². The summed E-state index contributed by atoms with van der Waals surface area (Å²) < 4.78 is 13.5. The van der Waals surface area contributed by atoms with Crippen LogP contribution in [0.15, 0.2) is 29.9 Å². The van der Waals surface area contributed by atoms with Gasteiger partial charge in [-0.25, -0.2) is 4.39 Å². The Bertz CT molecular complexity index is 454. The van der Waals surface area contributed by atoms with Gasteiger partial charge in [0.2, 0.25) is 0 Å². The Morgan fingerprint density at radius 1 is 1.44 bits per heavy atom. The van der Waals surface area contributed by atoms with Crippen molar-refractivity contribution >= 4 is 17.0 Å². The second-order valence-electron chi connectivity index (χ2n) is 3.48. The van der Waals surface area contributed by atoms with Crippen molar-refractivity contribution in [1.82, 2.24) is 4.98 Å². The third-order valence-electron chi connectivity index (χ3n) is 2.38. The quantitative estimate of drug-likeness (QED) is 0.879. The van der Waals surface area contributed by atoms with Gasteiger partial charge in [0.15, 0.2) is 0 Å². The van der Waals surface area contributed by atoms with Crippen molar-refractivity contribution in [2.75, 3.05) is 5.32 Å².